The maximum Gasteiger partial charge on any atom is 0.123 e. The molecule has 3 heteroatoms. The first kappa shape index (κ1) is 12.8. The van der Waals surface area contributed by atoms with Crippen LogP contribution in [0.3, 0.4) is 0 Å². The summed E-state index contributed by atoms with van der Waals surface area (Å²) in [6.07, 6.45) is 1.81. The fourth-order valence-corrected chi connectivity index (χ4v) is 2.10. The van der Waals surface area contributed by atoms with Gasteiger partial charge in [-0.2, -0.15) is 5.26 Å². The van der Waals surface area contributed by atoms with E-state index in [-0.39, 0.29) is 5.82 Å². The molecule has 0 N–H and O–H groups in total. The molecule has 0 heterocycles. The highest BCUT2D eigenvalue weighted by Gasteiger charge is 2.03. The number of benzene rings is 2. The van der Waals surface area contributed by atoms with Gasteiger partial charge in [0.15, 0.2) is 0 Å². The average Bonchev–Trinajstić information content (AvgIpc) is 2.39. The third-order valence-electron chi connectivity index (χ3n) is 2.48. The largest absolute Gasteiger partial charge is 0.207 e. The summed E-state index contributed by atoms with van der Waals surface area (Å²) in [5, 5.41) is 9.19. The zero-order valence-electron chi connectivity index (χ0n) is 9.40. The lowest BCUT2D eigenvalue weighted by molar-refractivity contribution is 0.627. The van der Waals surface area contributed by atoms with Gasteiger partial charge in [-0.1, -0.05) is 30.3 Å². The Bertz CT molecular complexity index is 624. The monoisotopic (exact) mass is 349 g/mol. The lowest BCUT2D eigenvalue weighted by atomic mass is 10.0. The smallest absolute Gasteiger partial charge is 0.123 e. The summed E-state index contributed by atoms with van der Waals surface area (Å²) in [6.45, 7) is 0. The maximum atomic E-state index is 12.8. The van der Waals surface area contributed by atoms with E-state index in [9.17, 15) is 9.65 Å². The minimum atomic E-state index is -0.301. The molecule has 0 aromatic heterocycles. The van der Waals surface area contributed by atoms with Crippen molar-refractivity contribution in [2.45, 2.75) is 0 Å². The van der Waals surface area contributed by atoms with Crippen molar-refractivity contribution >= 4 is 34.2 Å². The van der Waals surface area contributed by atoms with Crippen LogP contribution in [0.5, 0.6) is 0 Å². The Hall–Kier alpha value is -1.67. The summed E-state index contributed by atoms with van der Waals surface area (Å²) in [5.74, 6) is -0.301. The number of allylic oxidation sites excluding steroid dienone is 1. The van der Waals surface area contributed by atoms with E-state index in [4.69, 9.17) is 0 Å². The van der Waals surface area contributed by atoms with E-state index in [1.165, 1.54) is 12.1 Å². The number of hydrogen-bond acceptors (Lipinski definition) is 1. The van der Waals surface area contributed by atoms with Crippen molar-refractivity contribution in [3.05, 3.63) is 69.0 Å². The first-order chi connectivity index (χ1) is 8.70. The summed E-state index contributed by atoms with van der Waals surface area (Å²) in [6, 6.07) is 15.9. The van der Waals surface area contributed by atoms with E-state index >= 15 is 0 Å². The Morgan fingerprint density at radius 2 is 1.78 bits per heavy atom. The van der Waals surface area contributed by atoms with Gasteiger partial charge >= 0.3 is 0 Å². The van der Waals surface area contributed by atoms with E-state index in [1.54, 1.807) is 12.1 Å². The van der Waals surface area contributed by atoms with E-state index in [2.05, 4.69) is 28.7 Å². The van der Waals surface area contributed by atoms with Crippen molar-refractivity contribution in [1.29, 1.82) is 5.26 Å². The minimum absolute atomic E-state index is 0.301. The molecule has 0 aliphatic heterocycles. The molecule has 2 aromatic carbocycles. The second-order valence-corrected chi connectivity index (χ2v) is 4.86. The van der Waals surface area contributed by atoms with Gasteiger partial charge in [-0.15, -0.1) is 0 Å². The van der Waals surface area contributed by atoms with Crippen LogP contribution in [0, 0.1) is 20.7 Å². The van der Waals surface area contributed by atoms with Gasteiger partial charge in [-0.3, -0.25) is 0 Å². The van der Waals surface area contributed by atoms with Crippen molar-refractivity contribution in [2.24, 2.45) is 0 Å². The van der Waals surface area contributed by atoms with E-state index in [1.807, 2.05) is 30.3 Å². The third-order valence-corrected chi connectivity index (χ3v) is 3.46. The van der Waals surface area contributed by atoms with E-state index < -0.39 is 0 Å². The fourth-order valence-electron chi connectivity index (χ4n) is 1.56. The van der Waals surface area contributed by atoms with Gasteiger partial charge < -0.3 is 0 Å². The summed E-state index contributed by atoms with van der Waals surface area (Å²) < 4.78 is 13.9. The van der Waals surface area contributed by atoms with Crippen molar-refractivity contribution in [3.8, 4) is 6.07 Å². The summed E-state index contributed by atoms with van der Waals surface area (Å²) in [7, 11) is 0. The Morgan fingerprint density at radius 3 is 2.39 bits per heavy atom. The van der Waals surface area contributed by atoms with Crippen molar-refractivity contribution in [2.75, 3.05) is 0 Å². The Morgan fingerprint density at radius 1 is 1.11 bits per heavy atom. The first-order valence-electron chi connectivity index (χ1n) is 5.33. The average molecular weight is 349 g/mol. The lowest BCUT2D eigenvalue weighted by Crippen LogP contribution is -1.85. The molecule has 0 spiro atoms. The molecule has 0 fully saturated rings. The van der Waals surface area contributed by atoms with Crippen LogP contribution < -0.4 is 0 Å². The van der Waals surface area contributed by atoms with Gasteiger partial charge in [0.25, 0.3) is 0 Å². The number of nitrogens with zero attached hydrogens (tertiary/aromatic N) is 1. The highest BCUT2D eigenvalue weighted by Crippen LogP contribution is 2.21. The second kappa shape index (κ2) is 5.78. The van der Waals surface area contributed by atoms with E-state index in [0.29, 0.717) is 5.57 Å². The lowest BCUT2D eigenvalue weighted by Gasteiger charge is -2.01. The Labute approximate surface area is 119 Å². The molecule has 0 saturated heterocycles. The molecular formula is C15H9FIN. The zero-order chi connectivity index (χ0) is 13.0. The van der Waals surface area contributed by atoms with Gasteiger partial charge in [0, 0.05) is 3.57 Å². The van der Waals surface area contributed by atoms with Gasteiger partial charge in [0.2, 0.25) is 0 Å². The van der Waals surface area contributed by atoms with Gasteiger partial charge in [-0.05, 0) is 58.0 Å². The number of halogens is 2. The first-order valence-corrected chi connectivity index (χ1v) is 6.41. The molecule has 0 radical (unpaired) electrons. The highest BCUT2D eigenvalue weighted by molar-refractivity contribution is 14.1. The molecular weight excluding hydrogens is 340 g/mol. The predicted octanol–water partition coefficient (Wildman–Crippen LogP) is 4.49. The van der Waals surface area contributed by atoms with Crippen LogP contribution in [-0.4, -0.2) is 0 Å². The Balaban J connectivity index is 2.44. The quantitative estimate of drug-likeness (QED) is 0.445. The summed E-state index contributed by atoms with van der Waals surface area (Å²) >= 11 is 2.22. The molecule has 2 rings (SSSR count). The molecule has 1 nitrogen and oxygen atoms in total. The van der Waals surface area contributed by atoms with Crippen molar-refractivity contribution in [3.63, 3.8) is 0 Å². The Kier molecular flexibility index (Phi) is 4.11. The van der Waals surface area contributed by atoms with Gasteiger partial charge in [0.05, 0.1) is 11.6 Å². The highest BCUT2D eigenvalue weighted by atomic mass is 127. The van der Waals surface area contributed by atoms with Crippen LogP contribution in [-0.2, 0) is 0 Å². The number of nitriles is 1. The molecule has 0 aliphatic carbocycles. The number of rotatable bonds is 2. The fraction of sp³-hybridized carbons (Fsp3) is 0. The van der Waals surface area contributed by atoms with Crippen LogP contribution in [0.1, 0.15) is 11.1 Å². The van der Waals surface area contributed by atoms with Crippen molar-refractivity contribution in [1.82, 2.24) is 0 Å². The minimum Gasteiger partial charge on any atom is -0.207 e. The molecule has 0 amide bonds. The summed E-state index contributed by atoms with van der Waals surface area (Å²) in [4.78, 5) is 0. The van der Waals surface area contributed by atoms with Crippen LogP contribution in [0.2, 0.25) is 0 Å². The molecule has 18 heavy (non-hydrogen) atoms. The zero-order valence-corrected chi connectivity index (χ0v) is 11.6. The van der Waals surface area contributed by atoms with Crippen LogP contribution in [0.15, 0.2) is 48.5 Å². The normalized spacial score (nSPS) is 11.1. The van der Waals surface area contributed by atoms with Gasteiger partial charge in [0.1, 0.15) is 5.82 Å². The van der Waals surface area contributed by atoms with Crippen LogP contribution in [0.25, 0.3) is 11.6 Å². The second-order valence-electron chi connectivity index (χ2n) is 3.70. The topological polar surface area (TPSA) is 23.8 Å². The molecule has 0 aliphatic rings. The van der Waals surface area contributed by atoms with Crippen molar-refractivity contribution < 1.29 is 4.39 Å². The molecule has 0 bridgehead atoms. The summed E-state index contributed by atoms with van der Waals surface area (Å²) in [5.41, 5.74) is 2.23. The SMILES string of the molecule is N#C/C(=C/c1ccccc1I)c1ccc(F)cc1. The maximum absolute atomic E-state index is 12.8. The van der Waals surface area contributed by atoms with Crippen LogP contribution in [0.4, 0.5) is 4.39 Å². The molecule has 0 saturated carbocycles. The standard InChI is InChI=1S/C15H9FIN/c16-14-7-5-11(6-8-14)13(10-18)9-12-3-1-2-4-15(12)17/h1-9H/b13-9-. The number of hydrogen-bond donors (Lipinski definition) is 0. The third kappa shape index (κ3) is 2.96. The molecule has 2 aromatic rings. The van der Waals surface area contributed by atoms with Gasteiger partial charge in [-0.25, -0.2) is 4.39 Å². The van der Waals surface area contributed by atoms with Crippen LogP contribution >= 0.6 is 22.6 Å². The molecule has 0 unspecified atom stereocenters. The molecule has 88 valence electrons. The van der Waals surface area contributed by atoms with E-state index in [0.717, 1.165) is 14.7 Å². The predicted molar refractivity (Wildman–Crippen MR) is 79.0 cm³/mol. The molecule has 0 atom stereocenters.